The second-order valence-corrected chi connectivity index (χ2v) is 10.2. The molecule has 2 N–H and O–H groups in total. The molecular weight excluding hydrogens is 410 g/mol. The molecule has 3 rings (SSSR count). The molecule has 1 atom stereocenters. The Balaban J connectivity index is 1.75. The Morgan fingerprint density at radius 1 is 1.16 bits per heavy atom. The van der Waals surface area contributed by atoms with Gasteiger partial charge in [-0.25, -0.2) is 13.1 Å². The van der Waals surface area contributed by atoms with E-state index in [0.717, 1.165) is 37.1 Å². The third-order valence-corrected chi connectivity index (χ3v) is 7.77. The number of piperidine rings is 1. The van der Waals surface area contributed by atoms with Crippen molar-refractivity contribution < 1.29 is 13.2 Å². The van der Waals surface area contributed by atoms with Crippen molar-refractivity contribution in [1.29, 1.82) is 0 Å². The fraction of sp³-hybridized carbons (Fsp3) is 0.458. The van der Waals surface area contributed by atoms with E-state index in [1.807, 2.05) is 39.0 Å². The van der Waals surface area contributed by atoms with Crippen LogP contribution in [0, 0.1) is 12.8 Å². The zero-order valence-corrected chi connectivity index (χ0v) is 19.6. The van der Waals surface area contributed by atoms with Crippen LogP contribution in [0.25, 0.3) is 0 Å². The first kappa shape index (κ1) is 23.4. The van der Waals surface area contributed by atoms with Gasteiger partial charge in [0.2, 0.25) is 10.0 Å². The highest BCUT2D eigenvalue weighted by Crippen LogP contribution is 2.25. The summed E-state index contributed by atoms with van der Waals surface area (Å²) in [6.45, 7) is 7.77. The lowest BCUT2D eigenvalue weighted by molar-refractivity contribution is 0.102. The number of benzene rings is 2. The van der Waals surface area contributed by atoms with Crippen LogP contribution >= 0.6 is 0 Å². The Bertz CT molecular complexity index is 1030. The van der Waals surface area contributed by atoms with Crippen LogP contribution < -0.4 is 10.0 Å². The first-order valence-electron chi connectivity index (χ1n) is 10.9. The van der Waals surface area contributed by atoms with Gasteiger partial charge in [-0.05, 0) is 94.6 Å². The average molecular weight is 444 g/mol. The number of likely N-dealkylation sites (tertiary alicyclic amines) is 1. The van der Waals surface area contributed by atoms with Crippen molar-refractivity contribution in [1.82, 2.24) is 9.62 Å². The highest BCUT2D eigenvalue weighted by Gasteiger charge is 2.27. The summed E-state index contributed by atoms with van der Waals surface area (Å²) in [5.41, 5.74) is 2.93. The van der Waals surface area contributed by atoms with E-state index < -0.39 is 10.0 Å². The molecule has 0 bridgehead atoms. The standard InChI is InChI=1S/C24H33N3O3S/c1-5-19-16-21(31(29,30)26-18(3)20-12-14-27(4)15-13-20)10-11-23(19)25-24(28)22-9-7-6-8-17(22)2/h6-11,16,18,20,26H,5,12-15H2,1-4H3,(H,25,28). The van der Waals surface area contributed by atoms with Crippen LogP contribution in [0.2, 0.25) is 0 Å². The van der Waals surface area contributed by atoms with E-state index in [1.165, 1.54) is 0 Å². The van der Waals surface area contributed by atoms with Crippen molar-refractivity contribution >= 4 is 21.6 Å². The maximum atomic E-state index is 13.0. The normalized spacial score (nSPS) is 16.8. The van der Waals surface area contributed by atoms with E-state index in [1.54, 1.807) is 24.3 Å². The van der Waals surface area contributed by atoms with E-state index in [-0.39, 0.29) is 16.8 Å². The lowest BCUT2D eigenvalue weighted by Crippen LogP contribution is -2.43. The van der Waals surface area contributed by atoms with Gasteiger partial charge in [-0.2, -0.15) is 0 Å². The summed E-state index contributed by atoms with van der Waals surface area (Å²) in [5, 5.41) is 2.94. The van der Waals surface area contributed by atoms with Gasteiger partial charge in [0.05, 0.1) is 4.90 Å². The summed E-state index contributed by atoms with van der Waals surface area (Å²) in [6, 6.07) is 12.2. The molecule has 0 aliphatic carbocycles. The maximum absolute atomic E-state index is 13.0. The highest BCUT2D eigenvalue weighted by molar-refractivity contribution is 7.89. The van der Waals surface area contributed by atoms with Crippen LogP contribution in [0.1, 0.15) is 48.2 Å². The van der Waals surface area contributed by atoms with Crippen molar-refractivity contribution in [2.75, 3.05) is 25.5 Å². The van der Waals surface area contributed by atoms with Crippen LogP contribution in [0.3, 0.4) is 0 Å². The number of carbonyl (C=O) groups excluding carboxylic acids is 1. The number of anilines is 1. The Morgan fingerprint density at radius 3 is 2.48 bits per heavy atom. The summed E-state index contributed by atoms with van der Waals surface area (Å²) in [5.74, 6) is 0.140. The van der Waals surface area contributed by atoms with Gasteiger partial charge in [-0.3, -0.25) is 4.79 Å². The fourth-order valence-corrected chi connectivity index (χ4v) is 5.47. The van der Waals surface area contributed by atoms with E-state index >= 15 is 0 Å². The van der Waals surface area contributed by atoms with Gasteiger partial charge < -0.3 is 10.2 Å². The third kappa shape index (κ3) is 5.73. The molecule has 0 aromatic heterocycles. The smallest absolute Gasteiger partial charge is 0.255 e. The second-order valence-electron chi connectivity index (χ2n) is 8.49. The Kier molecular flexibility index (Phi) is 7.51. The van der Waals surface area contributed by atoms with Gasteiger partial charge in [0, 0.05) is 17.3 Å². The number of nitrogens with zero attached hydrogens (tertiary/aromatic N) is 1. The molecule has 0 saturated carbocycles. The Labute approximate surface area is 186 Å². The van der Waals surface area contributed by atoms with E-state index in [9.17, 15) is 13.2 Å². The van der Waals surface area contributed by atoms with Crippen LogP contribution in [0.4, 0.5) is 5.69 Å². The third-order valence-electron chi connectivity index (χ3n) is 6.22. The monoisotopic (exact) mass is 443 g/mol. The van der Waals surface area contributed by atoms with Gasteiger partial charge in [-0.15, -0.1) is 0 Å². The molecule has 1 unspecified atom stereocenters. The molecule has 1 saturated heterocycles. The molecule has 0 radical (unpaired) electrons. The molecule has 1 fully saturated rings. The van der Waals surface area contributed by atoms with Crippen molar-refractivity contribution in [3.63, 3.8) is 0 Å². The van der Waals surface area contributed by atoms with E-state index in [2.05, 4.69) is 22.0 Å². The summed E-state index contributed by atoms with van der Waals surface area (Å²) < 4.78 is 28.9. The Morgan fingerprint density at radius 2 is 1.84 bits per heavy atom. The van der Waals surface area contributed by atoms with E-state index in [0.29, 0.717) is 23.6 Å². The van der Waals surface area contributed by atoms with Crippen molar-refractivity contribution in [2.45, 2.75) is 51.0 Å². The van der Waals surface area contributed by atoms with Crippen LogP contribution in [0.5, 0.6) is 0 Å². The number of amides is 1. The first-order valence-corrected chi connectivity index (χ1v) is 12.4. The maximum Gasteiger partial charge on any atom is 0.255 e. The number of sulfonamides is 1. The lowest BCUT2D eigenvalue weighted by atomic mass is 9.91. The van der Waals surface area contributed by atoms with Crippen molar-refractivity contribution in [3.8, 4) is 0 Å². The minimum Gasteiger partial charge on any atom is -0.322 e. The largest absolute Gasteiger partial charge is 0.322 e. The van der Waals surface area contributed by atoms with Gasteiger partial charge in [0.1, 0.15) is 0 Å². The number of aryl methyl sites for hydroxylation is 2. The molecule has 1 aliphatic rings. The molecule has 0 spiro atoms. The van der Waals surface area contributed by atoms with Gasteiger partial charge in [-0.1, -0.05) is 25.1 Å². The number of rotatable bonds is 7. The van der Waals surface area contributed by atoms with Crippen LogP contribution in [0.15, 0.2) is 47.4 Å². The molecule has 31 heavy (non-hydrogen) atoms. The van der Waals surface area contributed by atoms with Crippen LogP contribution in [-0.4, -0.2) is 45.4 Å². The van der Waals surface area contributed by atoms with Crippen molar-refractivity contribution in [2.24, 2.45) is 5.92 Å². The summed E-state index contributed by atoms with van der Waals surface area (Å²) in [4.78, 5) is 15.2. The molecular formula is C24H33N3O3S. The van der Waals surface area contributed by atoms with Gasteiger partial charge in [0.15, 0.2) is 0 Å². The fourth-order valence-electron chi connectivity index (χ4n) is 4.11. The van der Waals surface area contributed by atoms with Gasteiger partial charge >= 0.3 is 0 Å². The summed E-state index contributed by atoms with van der Waals surface area (Å²) in [6.07, 6.45) is 2.59. The number of nitrogens with one attached hydrogen (secondary N) is 2. The first-order chi connectivity index (χ1) is 14.7. The van der Waals surface area contributed by atoms with Crippen LogP contribution in [-0.2, 0) is 16.4 Å². The SMILES string of the molecule is CCc1cc(S(=O)(=O)NC(C)C2CCN(C)CC2)ccc1NC(=O)c1ccccc1C. The summed E-state index contributed by atoms with van der Waals surface area (Å²) in [7, 11) is -1.54. The number of carbonyl (C=O) groups is 1. The minimum absolute atomic E-state index is 0.121. The number of hydrogen-bond acceptors (Lipinski definition) is 4. The second kappa shape index (κ2) is 9.94. The molecule has 1 heterocycles. The Hall–Kier alpha value is -2.22. The van der Waals surface area contributed by atoms with Gasteiger partial charge in [0.25, 0.3) is 5.91 Å². The molecule has 168 valence electrons. The lowest BCUT2D eigenvalue weighted by Gasteiger charge is -2.32. The number of hydrogen-bond donors (Lipinski definition) is 2. The summed E-state index contributed by atoms with van der Waals surface area (Å²) >= 11 is 0. The predicted molar refractivity (Wildman–Crippen MR) is 125 cm³/mol. The minimum atomic E-state index is -3.64. The van der Waals surface area contributed by atoms with E-state index in [4.69, 9.17) is 0 Å². The quantitative estimate of drug-likeness (QED) is 0.682. The molecule has 2 aromatic carbocycles. The highest BCUT2D eigenvalue weighted by atomic mass is 32.2. The molecule has 7 heteroatoms. The molecule has 1 aliphatic heterocycles. The zero-order chi connectivity index (χ0) is 22.6. The topological polar surface area (TPSA) is 78.5 Å². The average Bonchev–Trinajstić information content (AvgIpc) is 2.74. The molecule has 6 nitrogen and oxygen atoms in total. The van der Waals surface area contributed by atoms with Crippen molar-refractivity contribution in [3.05, 3.63) is 59.2 Å². The zero-order valence-electron chi connectivity index (χ0n) is 18.8. The predicted octanol–water partition coefficient (Wildman–Crippen LogP) is 3.82. The molecule has 2 aromatic rings. The molecule has 1 amide bonds.